The molecule has 1 aromatic carbocycles. The van der Waals surface area contributed by atoms with Crippen LogP contribution in [0.25, 0.3) is 0 Å². The maximum absolute atomic E-state index is 12.4. The Bertz CT molecular complexity index is 702. The molecule has 3 atom stereocenters. The predicted octanol–water partition coefficient (Wildman–Crippen LogP) is 2.07. The van der Waals surface area contributed by atoms with Crippen molar-refractivity contribution in [2.75, 3.05) is 17.1 Å². The summed E-state index contributed by atoms with van der Waals surface area (Å²) in [6, 6.07) is 7.43. The topological polar surface area (TPSA) is 66.5 Å². The maximum Gasteiger partial charge on any atom is 0.241 e. The predicted molar refractivity (Wildman–Crippen MR) is 90.7 cm³/mol. The zero-order valence-corrected chi connectivity index (χ0v) is 14.5. The van der Waals surface area contributed by atoms with E-state index in [2.05, 4.69) is 5.32 Å². The molecule has 23 heavy (non-hydrogen) atoms. The van der Waals surface area contributed by atoms with Crippen LogP contribution < -0.4 is 9.62 Å². The average Bonchev–Trinajstić information content (AvgIpc) is 3.06. The first kappa shape index (κ1) is 16.3. The van der Waals surface area contributed by atoms with Gasteiger partial charge in [0.1, 0.15) is 6.54 Å². The molecule has 2 saturated carbocycles. The molecule has 0 unspecified atom stereocenters. The number of nitrogens with zero attached hydrogens (tertiary/aromatic N) is 1. The van der Waals surface area contributed by atoms with Gasteiger partial charge in [-0.05, 0) is 55.7 Å². The third kappa shape index (κ3) is 3.68. The molecule has 0 aromatic heterocycles. The second-order valence-corrected chi connectivity index (χ2v) is 8.86. The van der Waals surface area contributed by atoms with E-state index in [4.69, 9.17) is 0 Å². The largest absolute Gasteiger partial charge is 0.352 e. The number of fused-ring (bicyclic) bond motifs is 2. The Morgan fingerprint density at radius 2 is 2.09 bits per heavy atom. The van der Waals surface area contributed by atoms with Crippen molar-refractivity contribution in [1.29, 1.82) is 0 Å². The Balaban J connectivity index is 1.70. The Morgan fingerprint density at radius 1 is 1.30 bits per heavy atom. The minimum absolute atomic E-state index is 0.157. The van der Waals surface area contributed by atoms with Crippen LogP contribution in [0.1, 0.15) is 31.2 Å². The second-order valence-electron chi connectivity index (χ2n) is 6.96. The molecule has 2 aliphatic rings. The van der Waals surface area contributed by atoms with Crippen molar-refractivity contribution in [3.05, 3.63) is 29.8 Å². The van der Waals surface area contributed by atoms with Gasteiger partial charge in [0.15, 0.2) is 0 Å². The molecule has 1 N–H and O–H groups in total. The van der Waals surface area contributed by atoms with E-state index >= 15 is 0 Å². The first-order valence-corrected chi connectivity index (χ1v) is 10.0. The first-order valence-electron chi connectivity index (χ1n) is 8.16. The van der Waals surface area contributed by atoms with E-state index < -0.39 is 10.0 Å². The van der Waals surface area contributed by atoms with Gasteiger partial charge in [-0.15, -0.1) is 0 Å². The van der Waals surface area contributed by atoms with Gasteiger partial charge in [-0.2, -0.15) is 0 Å². The lowest BCUT2D eigenvalue weighted by atomic mass is 9.95. The van der Waals surface area contributed by atoms with Crippen molar-refractivity contribution < 1.29 is 13.2 Å². The monoisotopic (exact) mass is 336 g/mol. The Morgan fingerprint density at radius 3 is 2.65 bits per heavy atom. The molecule has 6 heteroatoms. The van der Waals surface area contributed by atoms with Gasteiger partial charge in [0.05, 0.1) is 11.9 Å². The molecular weight excluding hydrogens is 312 g/mol. The molecule has 1 amide bonds. The molecule has 0 heterocycles. The summed E-state index contributed by atoms with van der Waals surface area (Å²) in [6.07, 6.45) is 5.84. The number of carbonyl (C=O) groups is 1. The summed E-state index contributed by atoms with van der Waals surface area (Å²) in [4.78, 5) is 12.4. The van der Waals surface area contributed by atoms with Gasteiger partial charge in [-0.1, -0.05) is 18.6 Å². The summed E-state index contributed by atoms with van der Waals surface area (Å²) in [5, 5.41) is 3.05. The SMILES string of the molecule is Cc1cccc(N(CC(=O)N[C@@H]2C[C@H]3CC[C@H]2C3)S(C)(=O)=O)c1. The van der Waals surface area contributed by atoms with Crippen molar-refractivity contribution in [3.63, 3.8) is 0 Å². The summed E-state index contributed by atoms with van der Waals surface area (Å²) in [5.41, 5.74) is 1.50. The third-order valence-corrected chi connectivity index (χ3v) is 6.20. The summed E-state index contributed by atoms with van der Waals surface area (Å²) < 4.78 is 25.4. The molecule has 126 valence electrons. The molecule has 5 nitrogen and oxygen atoms in total. The van der Waals surface area contributed by atoms with Gasteiger partial charge >= 0.3 is 0 Å². The smallest absolute Gasteiger partial charge is 0.241 e. The van der Waals surface area contributed by atoms with Crippen LogP contribution in [0, 0.1) is 18.8 Å². The summed E-state index contributed by atoms with van der Waals surface area (Å²) in [6.45, 7) is 1.75. The van der Waals surface area contributed by atoms with E-state index in [1.54, 1.807) is 18.2 Å². The molecule has 0 aliphatic heterocycles. The lowest BCUT2D eigenvalue weighted by Gasteiger charge is -2.26. The van der Waals surface area contributed by atoms with Crippen LogP contribution in [0.5, 0.6) is 0 Å². The number of nitrogens with one attached hydrogen (secondary N) is 1. The van der Waals surface area contributed by atoms with E-state index in [0.717, 1.165) is 24.2 Å². The number of hydrogen-bond donors (Lipinski definition) is 1. The van der Waals surface area contributed by atoms with E-state index in [1.165, 1.54) is 23.6 Å². The number of aryl methyl sites for hydroxylation is 1. The molecule has 3 rings (SSSR count). The molecule has 2 aliphatic carbocycles. The number of rotatable bonds is 5. The molecule has 1 aromatic rings. The molecule has 0 radical (unpaired) electrons. The summed E-state index contributed by atoms with van der Waals surface area (Å²) in [7, 11) is -3.50. The molecular formula is C17H24N2O3S. The van der Waals surface area contributed by atoms with Crippen LogP contribution in [0.2, 0.25) is 0 Å². The second kappa shape index (κ2) is 6.15. The fourth-order valence-corrected chi connectivity index (χ4v) is 4.84. The fourth-order valence-electron chi connectivity index (χ4n) is 3.99. The number of anilines is 1. The molecule has 2 bridgehead atoms. The van der Waals surface area contributed by atoms with E-state index in [0.29, 0.717) is 11.6 Å². The van der Waals surface area contributed by atoms with Crippen LogP contribution in [-0.2, 0) is 14.8 Å². The number of hydrogen-bond acceptors (Lipinski definition) is 3. The van der Waals surface area contributed by atoms with Crippen LogP contribution >= 0.6 is 0 Å². The minimum Gasteiger partial charge on any atom is -0.352 e. The highest BCUT2D eigenvalue weighted by atomic mass is 32.2. The first-order chi connectivity index (χ1) is 10.8. The highest BCUT2D eigenvalue weighted by Gasteiger charge is 2.40. The highest BCUT2D eigenvalue weighted by molar-refractivity contribution is 7.92. The van der Waals surface area contributed by atoms with Crippen molar-refractivity contribution in [2.24, 2.45) is 11.8 Å². The zero-order valence-electron chi connectivity index (χ0n) is 13.7. The summed E-state index contributed by atoms with van der Waals surface area (Å²) in [5.74, 6) is 1.11. The molecule has 2 fully saturated rings. The summed E-state index contributed by atoms with van der Waals surface area (Å²) >= 11 is 0. The van der Waals surface area contributed by atoms with Gasteiger partial charge in [0, 0.05) is 6.04 Å². The Hall–Kier alpha value is -1.56. The molecule has 0 spiro atoms. The normalized spacial score (nSPS) is 26.3. The quantitative estimate of drug-likeness (QED) is 0.895. The van der Waals surface area contributed by atoms with Crippen molar-refractivity contribution in [1.82, 2.24) is 5.32 Å². The van der Waals surface area contributed by atoms with Crippen LogP contribution in [0.3, 0.4) is 0 Å². The lowest BCUT2D eigenvalue weighted by Crippen LogP contribution is -2.45. The highest BCUT2D eigenvalue weighted by Crippen LogP contribution is 2.44. The van der Waals surface area contributed by atoms with Crippen molar-refractivity contribution in [3.8, 4) is 0 Å². The van der Waals surface area contributed by atoms with Crippen LogP contribution in [0.4, 0.5) is 5.69 Å². The van der Waals surface area contributed by atoms with Crippen molar-refractivity contribution >= 4 is 21.6 Å². The third-order valence-electron chi connectivity index (χ3n) is 5.06. The maximum atomic E-state index is 12.4. The van der Waals surface area contributed by atoms with E-state index in [-0.39, 0.29) is 18.5 Å². The van der Waals surface area contributed by atoms with Gasteiger partial charge in [0.25, 0.3) is 0 Å². The van der Waals surface area contributed by atoms with Gasteiger partial charge in [-0.3, -0.25) is 9.10 Å². The minimum atomic E-state index is -3.50. The number of carbonyl (C=O) groups excluding carboxylic acids is 1. The van der Waals surface area contributed by atoms with Crippen LogP contribution in [0.15, 0.2) is 24.3 Å². The number of sulfonamides is 1. The Labute approximate surface area is 138 Å². The van der Waals surface area contributed by atoms with Crippen molar-refractivity contribution in [2.45, 2.75) is 38.6 Å². The van der Waals surface area contributed by atoms with Crippen LogP contribution in [-0.4, -0.2) is 33.2 Å². The number of amides is 1. The Kier molecular flexibility index (Phi) is 4.36. The number of benzene rings is 1. The average molecular weight is 336 g/mol. The zero-order chi connectivity index (χ0) is 16.6. The van der Waals surface area contributed by atoms with E-state index in [1.807, 2.05) is 13.0 Å². The van der Waals surface area contributed by atoms with E-state index in [9.17, 15) is 13.2 Å². The fraction of sp³-hybridized carbons (Fsp3) is 0.588. The van der Waals surface area contributed by atoms with Gasteiger partial charge < -0.3 is 5.32 Å². The molecule has 0 saturated heterocycles. The van der Waals surface area contributed by atoms with Gasteiger partial charge in [0.2, 0.25) is 15.9 Å². The standard InChI is InChI=1S/C17H24N2O3S/c1-12-4-3-5-15(8-12)19(23(2,21)22)11-17(20)18-16-10-13-6-7-14(16)9-13/h3-5,8,13-14,16H,6-7,9-11H2,1-2H3,(H,18,20)/t13-,14-,16+/m0/s1. The lowest BCUT2D eigenvalue weighted by molar-refractivity contribution is -0.120. The van der Waals surface area contributed by atoms with Gasteiger partial charge in [-0.25, -0.2) is 8.42 Å².